The molecule has 2 N–H and O–H groups in total. The van der Waals surface area contributed by atoms with E-state index in [0.29, 0.717) is 5.56 Å². The zero-order chi connectivity index (χ0) is 11.8. The summed E-state index contributed by atoms with van der Waals surface area (Å²) in [5.41, 5.74) is 7.50. The third-order valence-electron chi connectivity index (χ3n) is 3.59. The molecule has 0 radical (unpaired) electrons. The molecule has 1 aliphatic carbocycles. The van der Waals surface area contributed by atoms with Crippen molar-refractivity contribution in [2.75, 3.05) is 0 Å². The molecule has 0 unspecified atom stereocenters. The molecule has 0 aliphatic heterocycles. The van der Waals surface area contributed by atoms with Crippen LogP contribution in [0.15, 0.2) is 18.2 Å². The summed E-state index contributed by atoms with van der Waals surface area (Å²) in [5, 5.41) is 0. The molecule has 1 aromatic rings. The normalized spacial score (nSPS) is 19.3. The lowest BCUT2D eigenvalue weighted by atomic mass is 9.87. The van der Waals surface area contributed by atoms with E-state index in [1.165, 1.54) is 0 Å². The number of alkyl halides is 2. The number of benzene rings is 1. The fraction of sp³-hybridized carbons (Fsp3) is 0.538. The highest BCUT2D eigenvalue weighted by Crippen LogP contribution is 2.38. The Balaban J connectivity index is 2.39. The summed E-state index contributed by atoms with van der Waals surface area (Å²) in [4.78, 5) is 0. The average Bonchev–Trinajstić information content (AvgIpc) is 2.66. The van der Waals surface area contributed by atoms with Gasteiger partial charge in [-0.3, -0.25) is 0 Å². The Hall–Kier alpha value is -0.960. The molecule has 1 aromatic carbocycles. The summed E-state index contributed by atoms with van der Waals surface area (Å²) in [5.74, 6) is 0. The largest absolute Gasteiger partial charge is 0.321 e. The molecule has 0 spiro atoms. The van der Waals surface area contributed by atoms with Crippen LogP contribution in [0.2, 0.25) is 0 Å². The van der Waals surface area contributed by atoms with Crippen LogP contribution in [-0.4, -0.2) is 0 Å². The van der Waals surface area contributed by atoms with Gasteiger partial charge in [-0.05, 0) is 37.0 Å². The first-order chi connectivity index (χ1) is 7.53. The van der Waals surface area contributed by atoms with Gasteiger partial charge in [0.05, 0.1) is 0 Å². The van der Waals surface area contributed by atoms with Crippen molar-refractivity contribution in [3.8, 4) is 0 Å². The average molecular weight is 225 g/mol. The van der Waals surface area contributed by atoms with E-state index in [0.717, 1.165) is 31.2 Å². The maximum Gasteiger partial charge on any atom is 0.264 e. The molecule has 16 heavy (non-hydrogen) atoms. The van der Waals surface area contributed by atoms with Crippen molar-refractivity contribution in [1.82, 2.24) is 0 Å². The molecule has 0 aromatic heterocycles. The number of rotatable bonds is 2. The minimum atomic E-state index is -2.41. The van der Waals surface area contributed by atoms with Crippen LogP contribution in [0.3, 0.4) is 0 Å². The van der Waals surface area contributed by atoms with Gasteiger partial charge in [0.1, 0.15) is 0 Å². The highest BCUT2D eigenvalue weighted by Gasteiger charge is 2.31. The van der Waals surface area contributed by atoms with Gasteiger partial charge in [-0.25, -0.2) is 8.78 Å². The molecule has 1 aliphatic rings. The lowest BCUT2D eigenvalue weighted by Gasteiger charge is -2.25. The molecule has 0 bridgehead atoms. The maximum atomic E-state index is 12.8. The van der Waals surface area contributed by atoms with Gasteiger partial charge >= 0.3 is 0 Å². The molecule has 0 heterocycles. The predicted molar refractivity (Wildman–Crippen MR) is 60.5 cm³/mol. The Morgan fingerprint density at radius 2 is 1.88 bits per heavy atom. The number of hydrogen-bond donors (Lipinski definition) is 1. The summed E-state index contributed by atoms with van der Waals surface area (Å²) in [7, 11) is 0. The van der Waals surface area contributed by atoms with Crippen LogP contribution >= 0.6 is 0 Å². The van der Waals surface area contributed by atoms with Crippen molar-refractivity contribution in [3.63, 3.8) is 0 Å². The smallest absolute Gasteiger partial charge is 0.264 e. The second kappa shape index (κ2) is 4.13. The third-order valence-corrected chi connectivity index (χ3v) is 3.59. The fourth-order valence-electron chi connectivity index (χ4n) is 2.48. The monoisotopic (exact) mass is 225 g/mol. The summed E-state index contributed by atoms with van der Waals surface area (Å²) in [6, 6.07) is 5.24. The standard InChI is InChI=1S/C13H17F2N/c1-9-4-5-10(8-11(9)12(14)15)13(16)6-2-3-7-13/h4-5,8,12H,2-3,6-7,16H2,1H3. The van der Waals surface area contributed by atoms with Crippen LogP contribution in [0.4, 0.5) is 8.78 Å². The van der Waals surface area contributed by atoms with Crippen molar-refractivity contribution in [2.45, 2.75) is 44.6 Å². The Morgan fingerprint density at radius 1 is 1.25 bits per heavy atom. The lowest BCUT2D eigenvalue weighted by Crippen LogP contribution is -2.33. The molecular formula is C13H17F2N. The second-order valence-corrected chi connectivity index (χ2v) is 4.74. The predicted octanol–water partition coefficient (Wildman–Crippen LogP) is 3.66. The van der Waals surface area contributed by atoms with Crippen LogP contribution in [-0.2, 0) is 5.54 Å². The summed E-state index contributed by atoms with van der Waals surface area (Å²) >= 11 is 0. The van der Waals surface area contributed by atoms with E-state index < -0.39 is 6.43 Å². The van der Waals surface area contributed by atoms with Crippen LogP contribution < -0.4 is 5.73 Å². The van der Waals surface area contributed by atoms with E-state index in [9.17, 15) is 8.78 Å². The number of hydrogen-bond acceptors (Lipinski definition) is 1. The summed E-state index contributed by atoms with van der Waals surface area (Å²) in [6.45, 7) is 1.71. The fourth-order valence-corrected chi connectivity index (χ4v) is 2.48. The van der Waals surface area contributed by atoms with Gasteiger partial charge < -0.3 is 5.73 Å². The lowest BCUT2D eigenvalue weighted by molar-refractivity contribution is 0.150. The van der Waals surface area contributed by atoms with E-state index >= 15 is 0 Å². The van der Waals surface area contributed by atoms with Crippen LogP contribution in [0.1, 0.15) is 48.8 Å². The Bertz CT molecular complexity index is 382. The van der Waals surface area contributed by atoms with E-state index in [2.05, 4.69) is 0 Å². The van der Waals surface area contributed by atoms with Crippen molar-refractivity contribution in [2.24, 2.45) is 5.73 Å². The number of aryl methyl sites for hydroxylation is 1. The zero-order valence-electron chi connectivity index (χ0n) is 9.47. The topological polar surface area (TPSA) is 26.0 Å². The number of nitrogens with two attached hydrogens (primary N) is 1. The summed E-state index contributed by atoms with van der Waals surface area (Å²) in [6.07, 6.45) is 1.57. The van der Waals surface area contributed by atoms with Gasteiger partial charge in [0.15, 0.2) is 0 Å². The maximum absolute atomic E-state index is 12.8. The third kappa shape index (κ3) is 1.96. The molecule has 0 saturated heterocycles. The van der Waals surface area contributed by atoms with Gasteiger partial charge in [0.25, 0.3) is 6.43 Å². The molecular weight excluding hydrogens is 208 g/mol. The van der Waals surface area contributed by atoms with Crippen molar-refractivity contribution < 1.29 is 8.78 Å². The van der Waals surface area contributed by atoms with Crippen molar-refractivity contribution in [1.29, 1.82) is 0 Å². The molecule has 0 amide bonds. The molecule has 88 valence electrons. The van der Waals surface area contributed by atoms with E-state index in [-0.39, 0.29) is 11.1 Å². The van der Waals surface area contributed by atoms with Gasteiger partial charge in [-0.15, -0.1) is 0 Å². The second-order valence-electron chi connectivity index (χ2n) is 4.74. The van der Waals surface area contributed by atoms with Crippen LogP contribution in [0, 0.1) is 6.92 Å². The van der Waals surface area contributed by atoms with Gasteiger partial charge in [0.2, 0.25) is 0 Å². The summed E-state index contributed by atoms with van der Waals surface area (Å²) < 4.78 is 25.6. The van der Waals surface area contributed by atoms with Gasteiger partial charge in [0, 0.05) is 11.1 Å². The van der Waals surface area contributed by atoms with E-state index in [1.54, 1.807) is 19.1 Å². The number of halogens is 2. The molecule has 1 fully saturated rings. The van der Waals surface area contributed by atoms with Crippen molar-refractivity contribution >= 4 is 0 Å². The minimum absolute atomic E-state index is 0.120. The molecule has 1 saturated carbocycles. The Morgan fingerprint density at radius 3 is 2.44 bits per heavy atom. The highest BCUT2D eigenvalue weighted by atomic mass is 19.3. The first-order valence-corrected chi connectivity index (χ1v) is 5.71. The highest BCUT2D eigenvalue weighted by molar-refractivity contribution is 5.36. The molecule has 0 atom stereocenters. The molecule has 3 heteroatoms. The Labute approximate surface area is 94.7 Å². The van der Waals surface area contributed by atoms with Crippen LogP contribution in [0.25, 0.3) is 0 Å². The first-order valence-electron chi connectivity index (χ1n) is 5.71. The van der Waals surface area contributed by atoms with Crippen molar-refractivity contribution in [3.05, 3.63) is 34.9 Å². The zero-order valence-corrected chi connectivity index (χ0v) is 9.47. The van der Waals surface area contributed by atoms with Crippen LogP contribution in [0.5, 0.6) is 0 Å². The Kier molecular flexibility index (Phi) is 2.98. The van der Waals surface area contributed by atoms with E-state index in [4.69, 9.17) is 5.73 Å². The SMILES string of the molecule is Cc1ccc(C2(N)CCCC2)cc1C(F)F. The quantitative estimate of drug-likeness (QED) is 0.816. The van der Waals surface area contributed by atoms with Gasteiger partial charge in [-0.2, -0.15) is 0 Å². The molecule has 2 rings (SSSR count). The van der Waals surface area contributed by atoms with Gasteiger partial charge in [-0.1, -0.05) is 25.0 Å². The minimum Gasteiger partial charge on any atom is -0.321 e. The van der Waals surface area contributed by atoms with E-state index in [1.807, 2.05) is 6.07 Å². The first kappa shape index (κ1) is 11.5. The molecule has 1 nitrogen and oxygen atoms in total.